The fraction of sp³-hybridized carbons (Fsp3) is 0.333. The van der Waals surface area contributed by atoms with Crippen LogP contribution in [0.4, 0.5) is 0 Å². The number of benzene rings is 2. The zero-order chi connectivity index (χ0) is 13.7. The second-order valence-corrected chi connectivity index (χ2v) is 5.29. The quantitative estimate of drug-likeness (QED) is 0.842. The van der Waals surface area contributed by atoms with Gasteiger partial charge < -0.3 is 5.32 Å². The molecule has 1 atom stereocenters. The molecule has 0 aliphatic carbocycles. The highest BCUT2D eigenvalue weighted by Gasteiger charge is 2.10. The van der Waals surface area contributed by atoms with E-state index in [-0.39, 0.29) is 0 Å². The van der Waals surface area contributed by atoms with Crippen molar-refractivity contribution in [1.82, 2.24) is 5.32 Å². The first-order valence-corrected chi connectivity index (χ1v) is 6.98. The molecule has 2 aromatic carbocycles. The van der Waals surface area contributed by atoms with Gasteiger partial charge in [-0.25, -0.2) is 0 Å². The lowest BCUT2D eigenvalue weighted by molar-refractivity contribution is 0.548. The van der Waals surface area contributed by atoms with Gasteiger partial charge in [-0.15, -0.1) is 0 Å². The summed E-state index contributed by atoms with van der Waals surface area (Å²) in [5.74, 6) is 0. The summed E-state index contributed by atoms with van der Waals surface area (Å²) in [6.45, 7) is 4.33. The largest absolute Gasteiger partial charge is 0.313 e. The summed E-state index contributed by atoms with van der Waals surface area (Å²) in [6.07, 6.45) is 2.24. The predicted molar refractivity (Wildman–Crippen MR) is 82.5 cm³/mol. The minimum absolute atomic E-state index is 0.429. The Labute approximate surface area is 116 Å². The number of rotatable bonds is 5. The molecular formula is C18H23N. The molecule has 0 radical (unpaired) electrons. The van der Waals surface area contributed by atoms with Crippen LogP contribution in [0.25, 0.3) is 0 Å². The van der Waals surface area contributed by atoms with Crippen molar-refractivity contribution < 1.29 is 0 Å². The molecule has 2 aromatic rings. The Kier molecular flexibility index (Phi) is 4.75. The highest BCUT2D eigenvalue weighted by molar-refractivity contribution is 5.31. The van der Waals surface area contributed by atoms with Gasteiger partial charge in [-0.2, -0.15) is 0 Å². The fourth-order valence-corrected chi connectivity index (χ4v) is 2.64. The lowest BCUT2D eigenvalue weighted by Crippen LogP contribution is -2.17. The molecule has 1 N–H and O–H groups in total. The van der Waals surface area contributed by atoms with Crippen molar-refractivity contribution in [3.63, 3.8) is 0 Å². The Bertz CT molecular complexity index is 496. The summed E-state index contributed by atoms with van der Waals surface area (Å²) in [7, 11) is 2.05. The number of hydrogen-bond acceptors (Lipinski definition) is 1. The molecule has 100 valence electrons. The van der Waals surface area contributed by atoms with E-state index in [2.05, 4.69) is 67.7 Å². The van der Waals surface area contributed by atoms with Gasteiger partial charge >= 0.3 is 0 Å². The summed E-state index contributed by atoms with van der Waals surface area (Å²) in [4.78, 5) is 0. The highest BCUT2D eigenvalue weighted by Crippen LogP contribution is 2.21. The summed E-state index contributed by atoms with van der Waals surface area (Å²) in [5, 5.41) is 3.44. The maximum atomic E-state index is 3.44. The summed E-state index contributed by atoms with van der Waals surface area (Å²) < 4.78 is 0. The van der Waals surface area contributed by atoms with E-state index in [4.69, 9.17) is 0 Å². The second-order valence-electron chi connectivity index (χ2n) is 5.29. The molecule has 0 saturated heterocycles. The summed E-state index contributed by atoms with van der Waals surface area (Å²) in [6, 6.07) is 17.9. The van der Waals surface area contributed by atoms with Crippen molar-refractivity contribution in [3.05, 3.63) is 70.8 Å². The third-order valence-electron chi connectivity index (χ3n) is 3.56. The minimum Gasteiger partial charge on any atom is -0.313 e. The lowest BCUT2D eigenvalue weighted by atomic mass is 9.96. The average molecular weight is 253 g/mol. The van der Waals surface area contributed by atoms with E-state index in [9.17, 15) is 0 Å². The SMILES string of the molecule is CNC(CCc1ccccc1)c1cc(C)cc(C)c1. The Morgan fingerprint density at radius 2 is 1.58 bits per heavy atom. The van der Waals surface area contributed by atoms with Crippen LogP contribution in [0.3, 0.4) is 0 Å². The molecule has 0 fully saturated rings. The Morgan fingerprint density at radius 3 is 2.16 bits per heavy atom. The smallest absolute Gasteiger partial charge is 0.0320 e. The molecule has 0 aliphatic rings. The van der Waals surface area contributed by atoms with Gasteiger partial charge in [0.05, 0.1) is 0 Å². The van der Waals surface area contributed by atoms with Gasteiger partial charge in [0.2, 0.25) is 0 Å². The maximum Gasteiger partial charge on any atom is 0.0320 e. The van der Waals surface area contributed by atoms with Gasteiger partial charge in [0.25, 0.3) is 0 Å². The van der Waals surface area contributed by atoms with E-state index >= 15 is 0 Å². The first kappa shape index (κ1) is 13.8. The van der Waals surface area contributed by atoms with Crippen molar-refractivity contribution in [1.29, 1.82) is 0 Å². The molecule has 19 heavy (non-hydrogen) atoms. The predicted octanol–water partition coefficient (Wildman–Crippen LogP) is 4.20. The Hall–Kier alpha value is -1.60. The highest BCUT2D eigenvalue weighted by atomic mass is 14.9. The molecule has 1 nitrogen and oxygen atoms in total. The van der Waals surface area contributed by atoms with Gasteiger partial charge in [0.15, 0.2) is 0 Å². The molecule has 1 unspecified atom stereocenters. The van der Waals surface area contributed by atoms with Crippen molar-refractivity contribution in [3.8, 4) is 0 Å². The molecule has 0 amide bonds. The lowest BCUT2D eigenvalue weighted by Gasteiger charge is -2.18. The van der Waals surface area contributed by atoms with Gasteiger partial charge in [-0.1, -0.05) is 59.7 Å². The zero-order valence-electron chi connectivity index (χ0n) is 12.1. The van der Waals surface area contributed by atoms with Crippen LogP contribution in [0.2, 0.25) is 0 Å². The summed E-state index contributed by atoms with van der Waals surface area (Å²) in [5.41, 5.74) is 5.49. The Morgan fingerprint density at radius 1 is 0.947 bits per heavy atom. The van der Waals surface area contributed by atoms with Crippen molar-refractivity contribution in [2.45, 2.75) is 32.7 Å². The van der Waals surface area contributed by atoms with Gasteiger partial charge in [0, 0.05) is 6.04 Å². The van der Waals surface area contributed by atoms with Crippen LogP contribution in [-0.4, -0.2) is 7.05 Å². The Balaban J connectivity index is 2.07. The van der Waals surface area contributed by atoms with Crippen molar-refractivity contribution in [2.75, 3.05) is 7.05 Å². The van der Waals surface area contributed by atoms with Gasteiger partial charge in [-0.3, -0.25) is 0 Å². The second kappa shape index (κ2) is 6.53. The molecule has 0 aromatic heterocycles. The van der Waals surface area contributed by atoms with Gasteiger partial charge in [0.1, 0.15) is 0 Å². The van der Waals surface area contributed by atoms with Crippen LogP contribution in [0.5, 0.6) is 0 Å². The van der Waals surface area contributed by atoms with Crippen LogP contribution in [0, 0.1) is 13.8 Å². The molecule has 0 aliphatic heterocycles. The topological polar surface area (TPSA) is 12.0 Å². The van der Waals surface area contributed by atoms with E-state index in [1.165, 1.54) is 22.3 Å². The standard InChI is InChI=1S/C18H23N/c1-14-11-15(2)13-17(12-14)18(19-3)10-9-16-7-5-4-6-8-16/h4-8,11-13,18-19H,9-10H2,1-3H3. The van der Waals surface area contributed by atoms with E-state index < -0.39 is 0 Å². The molecular weight excluding hydrogens is 230 g/mol. The van der Waals surface area contributed by atoms with E-state index in [1.54, 1.807) is 0 Å². The minimum atomic E-state index is 0.429. The third-order valence-corrected chi connectivity index (χ3v) is 3.56. The normalized spacial score (nSPS) is 12.4. The van der Waals surface area contributed by atoms with Gasteiger partial charge in [-0.05, 0) is 44.9 Å². The average Bonchev–Trinajstić information content (AvgIpc) is 2.39. The maximum absolute atomic E-state index is 3.44. The van der Waals surface area contributed by atoms with E-state index in [0.717, 1.165) is 12.8 Å². The monoisotopic (exact) mass is 253 g/mol. The first-order chi connectivity index (χ1) is 9.19. The number of hydrogen-bond donors (Lipinski definition) is 1. The molecule has 0 bridgehead atoms. The van der Waals surface area contributed by atoms with E-state index in [1.807, 2.05) is 7.05 Å². The van der Waals surface area contributed by atoms with Crippen LogP contribution in [0.15, 0.2) is 48.5 Å². The van der Waals surface area contributed by atoms with Crippen LogP contribution in [0.1, 0.15) is 34.7 Å². The van der Waals surface area contributed by atoms with Crippen LogP contribution in [-0.2, 0) is 6.42 Å². The zero-order valence-corrected chi connectivity index (χ0v) is 12.1. The molecule has 0 spiro atoms. The molecule has 0 saturated carbocycles. The van der Waals surface area contributed by atoms with E-state index in [0.29, 0.717) is 6.04 Å². The molecule has 1 heteroatoms. The van der Waals surface area contributed by atoms with Crippen LogP contribution < -0.4 is 5.32 Å². The fourth-order valence-electron chi connectivity index (χ4n) is 2.64. The van der Waals surface area contributed by atoms with Crippen molar-refractivity contribution >= 4 is 0 Å². The molecule has 0 heterocycles. The van der Waals surface area contributed by atoms with Crippen LogP contribution >= 0.6 is 0 Å². The van der Waals surface area contributed by atoms with Crippen molar-refractivity contribution in [2.24, 2.45) is 0 Å². The number of nitrogens with one attached hydrogen (secondary N) is 1. The number of aryl methyl sites for hydroxylation is 3. The molecule has 2 rings (SSSR count). The first-order valence-electron chi connectivity index (χ1n) is 6.98. The summed E-state index contributed by atoms with van der Waals surface area (Å²) >= 11 is 0. The third kappa shape index (κ3) is 3.93.